The molecule has 0 N–H and O–H groups in total. The van der Waals surface area contributed by atoms with Gasteiger partial charge in [0.1, 0.15) is 0 Å². The Balaban J connectivity index is 2.20. The van der Waals surface area contributed by atoms with Gasteiger partial charge in [-0.25, -0.2) is 0 Å². The maximum absolute atomic E-state index is 5.41. The molecule has 0 radical (unpaired) electrons. The molecule has 2 rings (SSSR count). The molecule has 0 bridgehead atoms. The van der Waals surface area contributed by atoms with Gasteiger partial charge in [-0.3, -0.25) is 0 Å². The maximum atomic E-state index is 5.41. The van der Waals surface area contributed by atoms with Gasteiger partial charge in [0.2, 0.25) is 0 Å². The molecule has 0 aromatic heterocycles. The van der Waals surface area contributed by atoms with Crippen molar-refractivity contribution in [1.82, 2.24) is 0 Å². The molecule has 1 heterocycles. The Morgan fingerprint density at radius 3 is 2.64 bits per heavy atom. The molecule has 1 aliphatic rings. The first-order valence-corrected chi connectivity index (χ1v) is 8.13. The van der Waals surface area contributed by atoms with Crippen LogP contribution in [0, 0.1) is 0 Å². The first-order valence-electron chi connectivity index (χ1n) is 5.08. The third kappa shape index (κ3) is 2.22. The van der Waals surface area contributed by atoms with Gasteiger partial charge >= 0.3 is 96.2 Å². The Hall–Kier alpha value is -0.250. The first kappa shape index (κ1) is 10.3. The van der Waals surface area contributed by atoms with E-state index in [4.69, 9.17) is 4.74 Å². The molecule has 2 heteroatoms. The summed E-state index contributed by atoms with van der Waals surface area (Å²) < 4.78 is 8.38. The van der Waals surface area contributed by atoms with Crippen molar-refractivity contribution in [3.05, 3.63) is 29.8 Å². The predicted molar refractivity (Wildman–Crippen MR) is 54.7 cm³/mol. The Morgan fingerprint density at radius 2 is 1.93 bits per heavy atom. The van der Waals surface area contributed by atoms with E-state index in [1.807, 2.05) is 0 Å². The van der Waals surface area contributed by atoms with E-state index >= 15 is 0 Å². The third-order valence-corrected chi connectivity index (χ3v) is 5.53. The summed E-state index contributed by atoms with van der Waals surface area (Å²) in [5, 5.41) is 0. The zero-order valence-corrected chi connectivity index (χ0v) is 10.7. The summed E-state index contributed by atoms with van der Waals surface area (Å²) in [6.07, 6.45) is 2.77. The van der Waals surface area contributed by atoms with Gasteiger partial charge in [0.25, 0.3) is 0 Å². The summed E-state index contributed by atoms with van der Waals surface area (Å²) in [7, 11) is 1.77. The summed E-state index contributed by atoms with van der Waals surface area (Å²) in [5.41, 5.74) is 1.43. The van der Waals surface area contributed by atoms with Crippen LogP contribution in [0.2, 0.25) is 0 Å². The minimum atomic E-state index is 0.540. The zero-order valence-electron chi connectivity index (χ0n) is 8.50. The van der Waals surface area contributed by atoms with E-state index < -0.39 is 0 Å². The number of rotatable bonds is 2. The van der Waals surface area contributed by atoms with Crippen LogP contribution in [-0.4, -0.2) is 16.0 Å². The van der Waals surface area contributed by atoms with Crippen LogP contribution >= 0.6 is 0 Å². The van der Waals surface area contributed by atoms with Crippen molar-refractivity contribution in [2.24, 2.45) is 0 Å². The zero-order chi connectivity index (χ0) is 9.80. The van der Waals surface area contributed by atoms with Crippen LogP contribution in [0.1, 0.15) is 24.3 Å². The van der Waals surface area contributed by atoms with E-state index in [0.29, 0.717) is 21.2 Å². The molecular formula is C12H16IO-. The summed E-state index contributed by atoms with van der Waals surface area (Å²) in [4.78, 5) is 0. The second-order valence-electron chi connectivity index (χ2n) is 3.58. The standard InChI is InChI=1S/C12H16IO/c1-14-12-5-3-2-4-11(12)10-6-8-13-9-7-10/h2-5,10H,6-9H2,1H3/q-1. The minimum absolute atomic E-state index is 0.540. The van der Waals surface area contributed by atoms with E-state index in [-0.39, 0.29) is 0 Å². The Bertz CT molecular complexity index is 292. The van der Waals surface area contributed by atoms with Crippen molar-refractivity contribution in [2.45, 2.75) is 18.8 Å². The molecule has 0 spiro atoms. The monoisotopic (exact) mass is 303 g/mol. The van der Waals surface area contributed by atoms with Gasteiger partial charge in [0.05, 0.1) is 0 Å². The number of ether oxygens (including phenoxy) is 1. The third-order valence-electron chi connectivity index (χ3n) is 2.76. The summed E-state index contributed by atoms with van der Waals surface area (Å²) >= 11 is 0.540. The summed E-state index contributed by atoms with van der Waals surface area (Å²) in [6.45, 7) is 0. The quantitative estimate of drug-likeness (QED) is 0.537. The average molecular weight is 303 g/mol. The molecule has 0 saturated carbocycles. The van der Waals surface area contributed by atoms with Gasteiger partial charge in [0, 0.05) is 0 Å². The number of hydrogen-bond acceptors (Lipinski definition) is 1. The molecule has 0 amide bonds. The molecule has 0 unspecified atom stereocenters. The normalized spacial score (nSPS) is 18.6. The fourth-order valence-corrected chi connectivity index (χ4v) is 4.90. The van der Waals surface area contributed by atoms with Crippen molar-refractivity contribution in [3.8, 4) is 5.75 Å². The van der Waals surface area contributed by atoms with Crippen LogP contribution in [0.5, 0.6) is 5.75 Å². The number of para-hydroxylation sites is 1. The fourth-order valence-electron chi connectivity index (χ4n) is 1.97. The summed E-state index contributed by atoms with van der Waals surface area (Å²) in [5.74, 6) is 1.84. The number of halogens is 1. The Labute approximate surface area is 96.1 Å². The van der Waals surface area contributed by atoms with Gasteiger partial charge in [-0.15, -0.1) is 0 Å². The second-order valence-corrected chi connectivity index (χ2v) is 6.82. The molecule has 1 aromatic rings. The molecule has 1 aromatic carbocycles. The molecule has 0 aliphatic carbocycles. The number of alkyl halides is 2. The summed E-state index contributed by atoms with van der Waals surface area (Å²) in [6, 6.07) is 8.49. The van der Waals surface area contributed by atoms with E-state index in [2.05, 4.69) is 24.3 Å². The van der Waals surface area contributed by atoms with Crippen molar-refractivity contribution < 1.29 is 25.9 Å². The van der Waals surface area contributed by atoms with E-state index in [9.17, 15) is 0 Å². The van der Waals surface area contributed by atoms with Crippen LogP contribution in [0.3, 0.4) is 0 Å². The van der Waals surface area contributed by atoms with Gasteiger partial charge in [-0.2, -0.15) is 0 Å². The molecule has 1 saturated heterocycles. The number of methoxy groups -OCH3 is 1. The fraction of sp³-hybridized carbons (Fsp3) is 0.500. The predicted octanol–water partition coefficient (Wildman–Crippen LogP) is -0.338. The van der Waals surface area contributed by atoms with Gasteiger partial charge in [-0.05, 0) is 0 Å². The van der Waals surface area contributed by atoms with Crippen molar-refractivity contribution in [2.75, 3.05) is 16.0 Å². The molecule has 1 nitrogen and oxygen atoms in total. The second kappa shape index (κ2) is 5.01. The van der Waals surface area contributed by atoms with Crippen molar-refractivity contribution in [1.29, 1.82) is 0 Å². The average Bonchev–Trinajstić information content (AvgIpc) is 2.30. The molecule has 78 valence electrons. The van der Waals surface area contributed by atoms with Gasteiger partial charge in [0.15, 0.2) is 0 Å². The molecular weight excluding hydrogens is 287 g/mol. The van der Waals surface area contributed by atoms with E-state index in [0.717, 1.165) is 11.7 Å². The Kier molecular flexibility index (Phi) is 3.67. The van der Waals surface area contributed by atoms with Crippen LogP contribution in [-0.2, 0) is 0 Å². The Morgan fingerprint density at radius 1 is 1.21 bits per heavy atom. The van der Waals surface area contributed by atoms with Gasteiger partial charge < -0.3 is 0 Å². The van der Waals surface area contributed by atoms with Crippen LogP contribution < -0.4 is 25.9 Å². The topological polar surface area (TPSA) is 9.23 Å². The SMILES string of the molecule is COc1ccccc1C1CC[I-]CC1. The van der Waals surface area contributed by atoms with Crippen molar-refractivity contribution >= 4 is 0 Å². The van der Waals surface area contributed by atoms with E-state index in [1.54, 1.807) is 7.11 Å². The van der Waals surface area contributed by atoms with E-state index in [1.165, 1.54) is 27.3 Å². The van der Waals surface area contributed by atoms with Crippen LogP contribution in [0.25, 0.3) is 0 Å². The molecule has 1 aliphatic heterocycles. The number of hydrogen-bond donors (Lipinski definition) is 0. The molecule has 1 fully saturated rings. The number of benzene rings is 1. The van der Waals surface area contributed by atoms with Crippen LogP contribution in [0.15, 0.2) is 24.3 Å². The molecule has 0 atom stereocenters. The van der Waals surface area contributed by atoms with Crippen molar-refractivity contribution in [3.63, 3.8) is 0 Å². The van der Waals surface area contributed by atoms with Gasteiger partial charge in [-0.1, -0.05) is 0 Å². The van der Waals surface area contributed by atoms with Crippen LogP contribution in [0.4, 0.5) is 0 Å². The first-order chi connectivity index (χ1) is 6.92. The molecule has 14 heavy (non-hydrogen) atoms.